The van der Waals surface area contributed by atoms with Crippen LogP contribution in [0.15, 0.2) is 72.8 Å². The quantitative estimate of drug-likeness (QED) is 0.0865. The Labute approximate surface area is 401 Å². The van der Waals surface area contributed by atoms with Crippen molar-refractivity contribution in [3.8, 4) is 11.1 Å². The van der Waals surface area contributed by atoms with E-state index in [0.717, 1.165) is 19.2 Å². The first-order valence-corrected chi connectivity index (χ1v) is 19.3. The van der Waals surface area contributed by atoms with E-state index in [4.69, 9.17) is 0 Å². The highest BCUT2D eigenvalue weighted by molar-refractivity contribution is 5.89. The molecule has 0 saturated heterocycles. The maximum atomic E-state index is 16.4. The Morgan fingerprint density at radius 2 is 0.737 bits per heavy atom. The first-order chi connectivity index (χ1) is 33.7. The summed E-state index contributed by atoms with van der Waals surface area (Å²) in [4.78, 5) is 25.1. The minimum atomic E-state index is -9.07. The average Bonchev–Trinajstić information content (AvgIpc) is 3.30. The van der Waals surface area contributed by atoms with Gasteiger partial charge in [-0.15, -0.1) is 0 Å². The maximum absolute atomic E-state index is 16.4. The molecule has 0 spiro atoms. The Balaban J connectivity index is 2.44. The van der Waals surface area contributed by atoms with E-state index in [9.17, 15) is 116 Å². The van der Waals surface area contributed by atoms with Crippen molar-refractivity contribution < 1.29 is 161 Å². The van der Waals surface area contributed by atoms with Crippen LogP contribution in [-0.4, -0.2) is 113 Å². The molecule has 0 aliphatic rings. The van der Waals surface area contributed by atoms with Crippen molar-refractivity contribution in [1.82, 2.24) is 0 Å². The number of alkyl halides is 30. The van der Waals surface area contributed by atoms with E-state index < -0.39 is 153 Å². The van der Waals surface area contributed by atoms with Crippen molar-refractivity contribution in [2.24, 2.45) is 5.92 Å². The molecule has 36 heteroatoms. The third kappa shape index (κ3) is 9.55. The molecule has 2 N–H and O–H groups in total. The van der Waals surface area contributed by atoms with E-state index in [-0.39, 0.29) is 48.0 Å². The maximum Gasteiger partial charge on any atom is 0.460 e. The normalized spacial score (nSPS) is 16.4. The molecule has 0 radical (unpaired) electrons. The number of carbonyl (C=O) groups is 2. The summed E-state index contributed by atoms with van der Waals surface area (Å²) in [6.07, 6.45) is -29.3. The number of hydrogen-bond donors (Lipinski definition) is 2. The summed E-state index contributed by atoms with van der Waals surface area (Å²) in [6.45, 7) is 0.302. The molecule has 0 heterocycles. The molecule has 3 rings (SSSR count). The Bertz CT molecular complexity index is 2570. The molecule has 0 bridgehead atoms. The van der Waals surface area contributed by atoms with Gasteiger partial charge in [-0.05, 0) is 41.3 Å². The van der Waals surface area contributed by atoms with Gasteiger partial charge in [0, 0.05) is 5.56 Å². The lowest BCUT2D eigenvalue weighted by molar-refractivity contribution is -0.456. The second-order valence-corrected chi connectivity index (χ2v) is 15.7. The van der Waals surface area contributed by atoms with Crippen LogP contribution in [0.3, 0.4) is 0 Å². The second-order valence-electron chi connectivity index (χ2n) is 15.7. The topological polar surface area (TPSA) is 93.1 Å². The van der Waals surface area contributed by atoms with Crippen LogP contribution in [-0.2, 0) is 14.3 Å². The van der Waals surface area contributed by atoms with Crippen molar-refractivity contribution in [1.29, 1.82) is 0 Å². The monoisotopic (exact) mass is 1170 g/mol. The minimum Gasteiger partial charge on any atom is -0.465 e. The van der Waals surface area contributed by atoms with Gasteiger partial charge in [0.2, 0.25) is 0 Å². The predicted molar refractivity (Wildman–Crippen MR) is 189 cm³/mol. The molecule has 0 aliphatic heterocycles. The molecule has 0 aromatic heterocycles. The summed E-state index contributed by atoms with van der Waals surface area (Å²) in [7, 11) is 0.825. The molecule has 0 saturated carbocycles. The number of hydrogen-bond acceptors (Lipinski definition) is 6. The van der Waals surface area contributed by atoms with Gasteiger partial charge >= 0.3 is 95.4 Å². The summed E-state index contributed by atoms with van der Waals surface area (Å²) >= 11 is 0. The lowest BCUT2D eigenvalue weighted by Gasteiger charge is -2.43. The van der Waals surface area contributed by atoms with Gasteiger partial charge in [0.1, 0.15) is 6.10 Å². The minimum absolute atomic E-state index is 0.0984. The van der Waals surface area contributed by atoms with E-state index in [1.807, 2.05) is 0 Å². The first kappa shape index (κ1) is 64.7. The van der Waals surface area contributed by atoms with Crippen LogP contribution in [0.1, 0.15) is 52.3 Å². The molecule has 6 nitrogen and oxygen atoms in total. The number of halogens is 30. The largest absolute Gasteiger partial charge is 0.465 e. The highest BCUT2D eigenvalue weighted by Gasteiger charge is 2.95. The number of benzene rings is 3. The van der Waals surface area contributed by atoms with Crippen molar-refractivity contribution in [2.75, 3.05) is 7.11 Å². The van der Waals surface area contributed by atoms with Gasteiger partial charge in [0.05, 0.1) is 24.7 Å². The molecular weight excluding hydrogens is 1150 g/mol. The van der Waals surface area contributed by atoms with Gasteiger partial charge in [-0.3, -0.25) is 4.79 Å². The van der Waals surface area contributed by atoms with Gasteiger partial charge in [-0.2, -0.15) is 132 Å². The zero-order valence-corrected chi connectivity index (χ0v) is 36.1. The molecule has 3 aromatic carbocycles. The number of methoxy groups -OCH3 is 1. The molecular formula is C40H24F30O6. The molecule has 3 aromatic rings. The van der Waals surface area contributed by atoms with Crippen LogP contribution in [0.4, 0.5) is 132 Å². The Morgan fingerprint density at radius 3 is 1.11 bits per heavy atom. The van der Waals surface area contributed by atoms with Gasteiger partial charge in [-0.1, -0.05) is 60.7 Å². The van der Waals surface area contributed by atoms with E-state index >= 15 is 35.1 Å². The second kappa shape index (κ2) is 19.7. The number of aliphatic hydroxyl groups is 2. The van der Waals surface area contributed by atoms with Gasteiger partial charge in [0.25, 0.3) is 0 Å². The lowest BCUT2D eigenvalue weighted by atomic mass is 9.83. The van der Waals surface area contributed by atoms with Crippen LogP contribution in [0.25, 0.3) is 11.1 Å². The summed E-state index contributed by atoms with van der Waals surface area (Å²) in [6, 6.07) is 2.52. The van der Waals surface area contributed by atoms with E-state index in [0.29, 0.717) is 19.1 Å². The van der Waals surface area contributed by atoms with Crippen LogP contribution >= 0.6 is 0 Å². The molecule has 430 valence electrons. The average molecular weight is 1170 g/mol. The number of rotatable bonds is 20. The summed E-state index contributed by atoms with van der Waals surface area (Å²) in [5.41, 5.74) is -10.1. The van der Waals surface area contributed by atoms with Crippen LogP contribution in [0, 0.1) is 5.92 Å². The smallest absolute Gasteiger partial charge is 0.460 e. The molecule has 4 atom stereocenters. The number of ether oxygens (including phenoxy) is 2. The van der Waals surface area contributed by atoms with Crippen molar-refractivity contribution >= 4 is 11.9 Å². The molecule has 76 heavy (non-hydrogen) atoms. The van der Waals surface area contributed by atoms with Crippen molar-refractivity contribution in [2.45, 2.75) is 109 Å². The zero-order chi connectivity index (χ0) is 59.8. The number of aliphatic hydroxyl groups excluding tert-OH is 2. The Morgan fingerprint density at radius 1 is 0.421 bits per heavy atom. The lowest BCUT2D eigenvalue weighted by Crippen LogP contribution is -2.73. The molecule has 0 amide bonds. The molecule has 0 fully saturated rings. The highest BCUT2D eigenvalue weighted by atomic mass is 19.4. The van der Waals surface area contributed by atoms with E-state index in [1.54, 1.807) is 0 Å². The van der Waals surface area contributed by atoms with Gasteiger partial charge in [-0.25, -0.2) is 4.79 Å². The number of esters is 2. The van der Waals surface area contributed by atoms with Crippen LogP contribution < -0.4 is 0 Å². The fourth-order valence-corrected chi connectivity index (χ4v) is 6.35. The standard InChI is InChI=1S/C40H24F30O6/c1-15(22(71)16-11-13-17(14-12-16)26(74)75-2)25(73)76-24(28(43,44)30(47,48)32(51,52)34(55,56)36(59,60)38(63,64)40(68,69)70)21-10-6-4-8-19(21)18-7-3-5-9-20(18)23(72)27(41,42)29(45,46)31(49,50)33(53,54)35(57,58)37(61,62)39(65,66)67/h3-15,22-24,71-72H,1-2H3/t15-,22+,23-,24-/m1/s1. The predicted octanol–water partition coefficient (Wildman–Crippen LogP) is 13.9. The van der Waals surface area contributed by atoms with Crippen molar-refractivity contribution in [3.63, 3.8) is 0 Å². The van der Waals surface area contributed by atoms with Gasteiger partial charge < -0.3 is 19.7 Å². The third-order valence-electron chi connectivity index (χ3n) is 10.9. The van der Waals surface area contributed by atoms with E-state index in [1.165, 1.54) is 0 Å². The molecule has 0 aliphatic carbocycles. The fourth-order valence-electron chi connectivity index (χ4n) is 6.35. The summed E-state index contributed by atoms with van der Waals surface area (Å²) < 4.78 is 437. The van der Waals surface area contributed by atoms with Crippen LogP contribution in [0.2, 0.25) is 0 Å². The molecule has 0 unspecified atom stereocenters. The first-order valence-electron chi connectivity index (χ1n) is 19.3. The van der Waals surface area contributed by atoms with Crippen LogP contribution in [0.5, 0.6) is 0 Å². The van der Waals surface area contributed by atoms with E-state index in [2.05, 4.69) is 9.47 Å². The summed E-state index contributed by atoms with van der Waals surface area (Å²) in [5.74, 6) is -110. The van der Waals surface area contributed by atoms with Gasteiger partial charge in [0.15, 0.2) is 6.10 Å². The number of carbonyl (C=O) groups excluding carboxylic acids is 2. The highest BCUT2D eigenvalue weighted by Crippen LogP contribution is 2.66. The summed E-state index contributed by atoms with van der Waals surface area (Å²) in [5, 5.41) is 21.1. The SMILES string of the molecule is COC(=O)c1ccc([C@@H](O)[C@@H](C)C(=O)O[C@H](c2ccccc2-c2ccccc2[C@@H](O)C(F)(F)C(F)(F)C(F)(F)C(F)(F)C(F)(F)C(F)(F)C(F)(F)F)C(F)(F)C(F)(F)C(F)(F)C(F)(F)C(F)(F)C(F)(F)C(F)(F)F)cc1. The third-order valence-corrected chi connectivity index (χ3v) is 10.9. The van der Waals surface area contributed by atoms with Crippen molar-refractivity contribution in [3.05, 3.63) is 95.1 Å². The fraction of sp³-hybridized carbons (Fsp3) is 0.500. The zero-order valence-electron chi connectivity index (χ0n) is 36.1. The Hall–Kier alpha value is -5.58. The Kier molecular flexibility index (Phi) is 16.8.